The van der Waals surface area contributed by atoms with Gasteiger partial charge in [-0.2, -0.15) is 5.10 Å². The maximum Gasteiger partial charge on any atom is 0.255 e. The second-order valence-electron chi connectivity index (χ2n) is 7.49. The van der Waals surface area contributed by atoms with Crippen LogP contribution in [0.15, 0.2) is 71.9 Å². The van der Waals surface area contributed by atoms with Crippen molar-refractivity contribution >= 4 is 33.2 Å². The Balaban J connectivity index is 1.66. The first-order valence-electron chi connectivity index (χ1n) is 9.99. The Kier molecular flexibility index (Phi) is 7.06. The number of hydrogen-bond acceptors (Lipinski definition) is 5. The van der Waals surface area contributed by atoms with Crippen LogP contribution in [0.2, 0.25) is 0 Å². The summed E-state index contributed by atoms with van der Waals surface area (Å²) in [5.41, 5.74) is 1.31. The quantitative estimate of drug-likeness (QED) is 0.482. The van der Waals surface area contributed by atoms with E-state index in [0.717, 1.165) is 0 Å². The Morgan fingerprint density at radius 1 is 0.938 bits per heavy atom. The van der Waals surface area contributed by atoms with Crippen LogP contribution in [0.5, 0.6) is 0 Å². The molecule has 0 fully saturated rings. The van der Waals surface area contributed by atoms with Crippen molar-refractivity contribution in [2.45, 2.75) is 37.8 Å². The van der Waals surface area contributed by atoms with E-state index >= 15 is 0 Å². The van der Waals surface area contributed by atoms with Crippen LogP contribution in [-0.2, 0) is 14.8 Å². The first-order valence-corrected chi connectivity index (χ1v) is 11.5. The van der Waals surface area contributed by atoms with Gasteiger partial charge in [0.15, 0.2) is 0 Å². The Morgan fingerprint density at radius 3 is 2.19 bits per heavy atom. The van der Waals surface area contributed by atoms with E-state index in [1.165, 1.54) is 24.3 Å². The van der Waals surface area contributed by atoms with E-state index in [4.69, 9.17) is 0 Å². The van der Waals surface area contributed by atoms with Gasteiger partial charge >= 0.3 is 0 Å². The minimum absolute atomic E-state index is 0.0822. The Bertz CT molecular complexity index is 1190. The molecule has 0 aliphatic carbocycles. The first kappa shape index (κ1) is 23.2. The third kappa shape index (κ3) is 5.80. The summed E-state index contributed by atoms with van der Waals surface area (Å²) in [4.78, 5) is 25.1. The van der Waals surface area contributed by atoms with Crippen LogP contribution < -0.4 is 15.4 Å². The Hall–Kier alpha value is -3.50. The highest BCUT2D eigenvalue weighted by Crippen LogP contribution is 2.18. The molecule has 0 aliphatic rings. The van der Waals surface area contributed by atoms with Crippen LogP contribution >= 0.6 is 0 Å². The van der Waals surface area contributed by atoms with E-state index in [1.807, 2.05) is 0 Å². The fraction of sp³-hybridized carbons (Fsp3) is 0.227. The number of nitrogens with zero attached hydrogens (tertiary/aromatic N) is 2. The van der Waals surface area contributed by atoms with Crippen LogP contribution in [0.1, 0.15) is 37.2 Å². The minimum atomic E-state index is -3.63. The molecule has 0 aliphatic heterocycles. The summed E-state index contributed by atoms with van der Waals surface area (Å²) < 4.78 is 28.5. The van der Waals surface area contributed by atoms with Gasteiger partial charge in [-0.3, -0.25) is 14.3 Å². The fourth-order valence-corrected chi connectivity index (χ4v) is 4.17. The molecule has 3 rings (SSSR count). The van der Waals surface area contributed by atoms with Crippen LogP contribution in [0.3, 0.4) is 0 Å². The van der Waals surface area contributed by atoms with Gasteiger partial charge in [-0.15, -0.1) is 0 Å². The fourth-order valence-electron chi connectivity index (χ4n) is 2.92. The van der Waals surface area contributed by atoms with E-state index in [2.05, 4.69) is 20.5 Å². The zero-order valence-corrected chi connectivity index (χ0v) is 18.8. The van der Waals surface area contributed by atoms with E-state index < -0.39 is 22.0 Å². The smallest absolute Gasteiger partial charge is 0.255 e. The van der Waals surface area contributed by atoms with Crippen molar-refractivity contribution in [1.29, 1.82) is 0 Å². The predicted octanol–water partition coefficient (Wildman–Crippen LogP) is 3.02. The molecular weight excluding hydrogens is 430 g/mol. The van der Waals surface area contributed by atoms with Crippen molar-refractivity contribution in [3.63, 3.8) is 0 Å². The molecule has 1 unspecified atom stereocenters. The third-order valence-corrected chi connectivity index (χ3v) is 6.18. The summed E-state index contributed by atoms with van der Waals surface area (Å²) in [6.45, 7) is 5.19. The molecule has 0 spiro atoms. The molecule has 3 aromatic rings. The lowest BCUT2D eigenvalue weighted by Gasteiger charge is -2.14. The molecule has 1 heterocycles. The number of rotatable bonds is 8. The summed E-state index contributed by atoms with van der Waals surface area (Å²) in [6.07, 6.45) is 3.30. The molecule has 0 bridgehead atoms. The number of anilines is 2. The lowest BCUT2D eigenvalue weighted by molar-refractivity contribution is -0.119. The van der Waals surface area contributed by atoms with Gasteiger partial charge in [0, 0.05) is 35.4 Å². The average Bonchev–Trinajstić information content (AvgIpc) is 3.27. The zero-order chi connectivity index (χ0) is 23.3. The van der Waals surface area contributed by atoms with Crippen LogP contribution in [0, 0.1) is 0 Å². The molecule has 0 saturated heterocycles. The monoisotopic (exact) mass is 455 g/mol. The molecule has 0 saturated carbocycles. The van der Waals surface area contributed by atoms with E-state index in [1.54, 1.807) is 68.2 Å². The summed E-state index contributed by atoms with van der Waals surface area (Å²) in [6, 6.07) is 13.4. The molecule has 2 amide bonds. The molecule has 2 aromatic carbocycles. The topological polar surface area (TPSA) is 122 Å². The predicted molar refractivity (Wildman–Crippen MR) is 122 cm³/mol. The van der Waals surface area contributed by atoms with Gasteiger partial charge in [0.05, 0.1) is 4.90 Å². The SMILES string of the molecule is CC(C)NS(=O)(=O)c1ccc(C(=O)Nc2cccc(NC(=O)C(C)n3cccn3)c2)cc1. The largest absolute Gasteiger partial charge is 0.324 e. The zero-order valence-electron chi connectivity index (χ0n) is 17.9. The molecule has 1 atom stereocenters. The van der Waals surface area contributed by atoms with Gasteiger partial charge in [-0.05, 0) is 69.3 Å². The van der Waals surface area contributed by atoms with Gasteiger partial charge in [0.25, 0.3) is 5.91 Å². The first-order chi connectivity index (χ1) is 15.2. The van der Waals surface area contributed by atoms with Gasteiger partial charge < -0.3 is 10.6 Å². The molecule has 32 heavy (non-hydrogen) atoms. The van der Waals surface area contributed by atoms with Crippen molar-refractivity contribution in [3.05, 3.63) is 72.6 Å². The number of carbonyl (C=O) groups is 2. The number of nitrogens with one attached hydrogen (secondary N) is 3. The summed E-state index contributed by atoms with van der Waals surface area (Å²) in [7, 11) is -3.63. The minimum Gasteiger partial charge on any atom is -0.324 e. The van der Waals surface area contributed by atoms with Gasteiger partial charge in [-0.1, -0.05) is 6.07 Å². The highest BCUT2D eigenvalue weighted by atomic mass is 32.2. The molecule has 9 nitrogen and oxygen atoms in total. The highest BCUT2D eigenvalue weighted by molar-refractivity contribution is 7.89. The van der Waals surface area contributed by atoms with Gasteiger partial charge in [0.1, 0.15) is 6.04 Å². The van der Waals surface area contributed by atoms with Gasteiger partial charge in [-0.25, -0.2) is 13.1 Å². The summed E-state index contributed by atoms with van der Waals surface area (Å²) >= 11 is 0. The lowest BCUT2D eigenvalue weighted by atomic mass is 10.2. The van der Waals surface area contributed by atoms with Crippen molar-refractivity contribution in [2.75, 3.05) is 10.6 Å². The number of sulfonamides is 1. The van der Waals surface area contributed by atoms with Gasteiger partial charge in [0.2, 0.25) is 15.9 Å². The van der Waals surface area contributed by atoms with Crippen LogP contribution in [-0.4, -0.2) is 36.1 Å². The number of hydrogen-bond donors (Lipinski definition) is 3. The second-order valence-corrected chi connectivity index (χ2v) is 9.20. The van der Waals surface area contributed by atoms with Crippen molar-refractivity contribution in [1.82, 2.24) is 14.5 Å². The second kappa shape index (κ2) is 9.75. The van der Waals surface area contributed by atoms with E-state index in [9.17, 15) is 18.0 Å². The van der Waals surface area contributed by atoms with Crippen LogP contribution in [0.25, 0.3) is 0 Å². The maximum atomic E-state index is 12.6. The number of carbonyl (C=O) groups excluding carboxylic acids is 2. The van der Waals surface area contributed by atoms with E-state index in [0.29, 0.717) is 16.9 Å². The lowest BCUT2D eigenvalue weighted by Crippen LogP contribution is -2.30. The average molecular weight is 456 g/mol. The van der Waals surface area contributed by atoms with Crippen molar-refractivity contribution in [3.8, 4) is 0 Å². The molecule has 0 radical (unpaired) electrons. The number of aromatic nitrogens is 2. The Labute approximate surface area is 186 Å². The Morgan fingerprint density at radius 2 is 1.59 bits per heavy atom. The molecular formula is C22H25N5O4S. The molecule has 1 aromatic heterocycles. The highest BCUT2D eigenvalue weighted by Gasteiger charge is 2.17. The molecule has 3 N–H and O–H groups in total. The normalized spacial score (nSPS) is 12.4. The molecule has 10 heteroatoms. The standard InChI is InChI=1S/C22H25N5O4S/c1-15(2)26-32(30,31)20-10-8-17(9-11-20)22(29)25-19-7-4-6-18(14-19)24-21(28)16(3)27-13-5-12-23-27/h4-16,26H,1-3H3,(H,24,28)(H,25,29). The summed E-state index contributed by atoms with van der Waals surface area (Å²) in [5.74, 6) is -0.650. The third-order valence-electron chi connectivity index (χ3n) is 4.51. The van der Waals surface area contributed by atoms with Crippen LogP contribution in [0.4, 0.5) is 11.4 Å². The maximum absolute atomic E-state index is 12.6. The van der Waals surface area contributed by atoms with Crippen molar-refractivity contribution in [2.24, 2.45) is 0 Å². The number of benzene rings is 2. The van der Waals surface area contributed by atoms with Crippen molar-refractivity contribution < 1.29 is 18.0 Å². The summed E-state index contributed by atoms with van der Waals surface area (Å²) in [5, 5.41) is 9.61. The molecule has 168 valence electrons. The number of amides is 2. The van der Waals surface area contributed by atoms with E-state index in [-0.39, 0.29) is 16.8 Å².